The first kappa shape index (κ1) is 21.5. The van der Waals surface area contributed by atoms with E-state index < -0.39 is 21.8 Å². The highest BCUT2D eigenvalue weighted by Crippen LogP contribution is 2.35. The lowest BCUT2D eigenvalue weighted by Crippen LogP contribution is -2.17. The van der Waals surface area contributed by atoms with Crippen LogP contribution < -0.4 is 14.2 Å². The van der Waals surface area contributed by atoms with E-state index in [1.54, 1.807) is 0 Å². The van der Waals surface area contributed by atoms with Gasteiger partial charge >= 0.3 is 5.97 Å². The molecule has 0 fully saturated rings. The van der Waals surface area contributed by atoms with Crippen molar-refractivity contribution in [2.75, 3.05) is 32.2 Å². The number of rotatable bonds is 9. The minimum Gasteiger partial charge on any atom is -0.493 e. The number of aromatic carboxylic acids is 1. The molecule has 0 aliphatic carbocycles. The molecule has 2 N–H and O–H groups in total. The first-order valence-corrected chi connectivity index (χ1v) is 9.54. The number of sulfonamides is 1. The summed E-state index contributed by atoms with van der Waals surface area (Å²) in [5, 5.41) is 9.45. The highest BCUT2D eigenvalue weighted by atomic mass is 32.2. The maximum absolute atomic E-state index is 13.3. The molecule has 0 aliphatic heterocycles. The third-order valence-electron chi connectivity index (χ3n) is 3.75. The maximum Gasteiger partial charge on any atom is 0.337 e. The monoisotopic (exact) mass is 413 g/mol. The Morgan fingerprint density at radius 1 is 1.14 bits per heavy atom. The van der Waals surface area contributed by atoms with Crippen molar-refractivity contribution in [3.05, 3.63) is 47.3 Å². The molecule has 0 saturated carbocycles. The average Bonchev–Trinajstić information content (AvgIpc) is 2.61. The number of nitrogens with one attached hydrogen (secondary N) is 1. The standard InChI is InChI=1S/C18H20FNO7S/c1-11-8-12(19)4-5-17(11)28(23,24)20-14-10-16(27-7-6-25-2)15(26-3)9-13(14)18(21)22/h4-5,8-10,20H,6-7H2,1-3H3,(H,21,22). The normalized spacial score (nSPS) is 11.1. The summed E-state index contributed by atoms with van der Waals surface area (Å²) < 4.78 is 56.4. The molecule has 0 unspecified atom stereocenters. The average molecular weight is 413 g/mol. The Balaban J connectivity index is 2.49. The van der Waals surface area contributed by atoms with Crippen molar-refractivity contribution < 1.29 is 36.9 Å². The summed E-state index contributed by atoms with van der Waals surface area (Å²) in [6, 6.07) is 5.55. The molecule has 0 heterocycles. The van der Waals surface area contributed by atoms with E-state index in [4.69, 9.17) is 14.2 Å². The van der Waals surface area contributed by atoms with Gasteiger partial charge in [-0.1, -0.05) is 0 Å². The van der Waals surface area contributed by atoms with Crippen molar-refractivity contribution in [2.45, 2.75) is 11.8 Å². The van der Waals surface area contributed by atoms with E-state index in [2.05, 4.69) is 4.72 Å². The van der Waals surface area contributed by atoms with Crippen LogP contribution in [0.25, 0.3) is 0 Å². The molecule has 0 bridgehead atoms. The molecule has 10 heteroatoms. The molecule has 0 atom stereocenters. The van der Waals surface area contributed by atoms with Gasteiger partial charge in [0.15, 0.2) is 11.5 Å². The lowest BCUT2D eigenvalue weighted by Gasteiger charge is -2.16. The molecule has 8 nitrogen and oxygen atoms in total. The van der Waals surface area contributed by atoms with E-state index in [-0.39, 0.29) is 46.4 Å². The molecule has 0 aliphatic rings. The fourth-order valence-corrected chi connectivity index (χ4v) is 3.74. The van der Waals surface area contributed by atoms with Gasteiger partial charge in [0.05, 0.1) is 29.9 Å². The van der Waals surface area contributed by atoms with Crippen LogP contribution in [0.2, 0.25) is 0 Å². The highest BCUT2D eigenvalue weighted by Gasteiger charge is 2.23. The van der Waals surface area contributed by atoms with Crippen LogP contribution in [0.1, 0.15) is 15.9 Å². The van der Waals surface area contributed by atoms with Gasteiger partial charge in [0.25, 0.3) is 10.0 Å². The van der Waals surface area contributed by atoms with Crippen LogP contribution in [0.4, 0.5) is 10.1 Å². The number of aryl methyl sites for hydroxylation is 1. The number of carboxylic acids is 1. The zero-order valence-electron chi connectivity index (χ0n) is 15.5. The number of hydrogen-bond donors (Lipinski definition) is 2. The van der Waals surface area contributed by atoms with Gasteiger partial charge in [-0.25, -0.2) is 17.6 Å². The largest absolute Gasteiger partial charge is 0.493 e. The topological polar surface area (TPSA) is 111 Å². The molecular formula is C18H20FNO7S. The fraction of sp³-hybridized carbons (Fsp3) is 0.278. The van der Waals surface area contributed by atoms with Gasteiger partial charge in [-0.05, 0) is 30.7 Å². The summed E-state index contributed by atoms with van der Waals surface area (Å²) in [4.78, 5) is 11.4. The number of methoxy groups -OCH3 is 2. The van der Waals surface area contributed by atoms with Crippen molar-refractivity contribution in [3.63, 3.8) is 0 Å². The predicted molar refractivity (Wildman–Crippen MR) is 99.3 cm³/mol. The minimum absolute atomic E-state index is 0.120. The number of halogens is 1. The summed E-state index contributed by atoms with van der Waals surface area (Å²) in [5.41, 5.74) is -0.377. The lowest BCUT2D eigenvalue weighted by molar-refractivity contribution is 0.0697. The van der Waals surface area contributed by atoms with Gasteiger partial charge in [0.1, 0.15) is 12.4 Å². The molecule has 2 aromatic carbocycles. The SMILES string of the molecule is COCCOc1cc(NS(=O)(=O)c2ccc(F)cc2C)c(C(=O)O)cc1OC. The summed E-state index contributed by atoms with van der Waals surface area (Å²) in [6.07, 6.45) is 0. The summed E-state index contributed by atoms with van der Waals surface area (Å²) in [6.45, 7) is 1.84. The second kappa shape index (κ2) is 8.89. The Labute approximate surface area is 161 Å². The maximum atomic E-state index is 13.3. The van der Waals surface area contributed by atoms with E-state index >= 15 is 0 Å². The minimum atomic E-state index is -4.18. The smallest absolute Gasteiger partial charge is 0.337 e. The zero-order valence-corrected chi connectivity index (χ0v) is 16.3. The van der Waals surface area contributed by atoms with Gasteiger partial charge in [-0.2, -0.15) is 0 Å². The number of hydrogen-bond acceptors (Lipinski definition) is 6. The molecule has 0 radical (unpaired) electrons. The van der Waals surface area contributed by atoms with Crippen LogP contribution in [0, 0.1) is 12.7 Å². The van der Waals surface area contributed by atoms with Crippen LogP contribution in [0.3, 0.4) is 0 Å². The third-order valence-corrected chi connectivity index (χ3v) is 5.28. The molecule has 2 aromatic rings. The van der Waals surface area contributed by atoms with Gasteiger partial charge in [-0.3, -0.25) is 4.72 Å². The van der Waals surface area contributed by atoms with Crippen LogP contribution in [0.5, 0.6) is 11.5 Å². The Bertz CT molecular complexity index is 976. The number of carboxylic acid groups (broad SMARTS) is 1. The van der Waals surface area contributed by atoms with Crippen molar-refractivity contribution in [3.8, 4) is 11.5 Å². The summed E-state index contributed by atoms with van der Waals surface area (Å²) in [7, 11) is -1.37. The van der Waals surface area contributed by atoms with Gasteiger partial charge < -0.3 is 19.3 Å². The Morgan fingerprint density at radius 3 is 2.43 bits per heavy atom. The van der Waals surface area contributed by atoms with Crippen molar-refractivity contribution in [1.82, 2.24) is 0 Å². The quantitative estimate of drug-likeness (QED) is 0.608. The van der Waals surface area contributed by atoms with E-state index in [0.717, 1.165) is 24.3 Å². The Morgan fingerprint density at radius 2 is 1.86 bits per heavy atom. The van der Waals surface area contributed by atoms with Crippen LogP contribution in [-0.2, 0) is 14.8 Å². The van der Waals surface area contributed by atoms with E-state index in [1.165, 1.54) is 27.2 Å². The van der Waals surface area contributed by atoms with Crippen molar-refractivity contribution in [2.24, 2.45) is 0 Å². The molecule has 28 heavy (non-hydrogen) atoms. The number of benzene rings is 2. The molecule has 0 aromatic heterocycles. The zero-order chi connectivity index (χ0) is 20.9. The lowest BCUT2D eigenvalue weighted by atomic mass is 10.1. The summed E-state index contributed by atoms with van der Waals surface area (Å²) >= 11 is 0. The van der Waals surface area contributed by atoms with Crippen LogP contribution in [0.15, 0.2) is 35.2 Å². The second-order valence-corrected chi connectivity index (χ2v) is 7.36. The van der Waals surface area contributed by atoms with Gasteiger partial charge in [-0.15, -0.1) is 0 Å². The third kappa shape index (κ3) is 4.90. The van der Waals surface area contributed by atoms with Crippen molar-refractivity contribution >= 4 is 21.7 Å². The van der Waals surface area contributed by atoms with E-state index in [0.29, 0.717) is 0 Å². The predicted octanol–water partition coefficient (Wildman–Crippen LogP) is 2.67. The van der Waals surface area contributed by atoms with E-state index in [1.807, 2.05) is 0 Å². The Kier molecular flexibility index (Phi) is 6.81. The van der Waals surface area contributed by atoms with Crippen molar-refractivity contribution in [1.29, 1.82) is 0 Å². The number of carbonyl (C=O) groups is 1. The fourth-order valence-electron chi connectivity index (χ4n) is 2.44. The van der Waals surface area contributed by atoms with Gasteiger partial charge in [0.2, 0.25) is 0 Å². The van der Waals surface area contributed by atoms with E-state index in [9.17, 15) is 22.7 Å². The molecule has 152 valence electrons. The first-order valence-electron chi connectivity index (χ1n) is 8.05. The van der Waals surface area contributed by atoms with Crippen LogP contribution in [-0.4, -0.2) is 46.9 Å². The summed E-state index contributed by atoms with van der Waals surface area (Å²) in [5.74, 6) is -1.69. The first-order chi connectivity index (χ1) is 13.2. The molecule has 2 rings (SSSR count). The van der Waals surface area contributed by atoms with Crippen LogP contribution >= 0.6 is 0 Å². The molecule has 0 saturated heterocycles. The molecule has 0 amide bonds. The number of ether oxygens (including phenoxy) is 3. The molecular weight excluding hydrogens is 393 g/mol. The highest BCUT2D eigenvalue weighted by molar-refractivity contribution is 7.92. The van der Waals surface area contributed by atoms with Gasteiger partial charge in [0, 0.05) is 19.2 Å². The second-order valence-electron chi connectivity index (χ2n) is 5.71. The Hall–Kier alpha value is -2.85. The number of anilines is 1. The molecule has 0 spiro atoms.